The molecule has 2 saturated carbocycles. The van der Waals surface area contributed by atoms with Crippen LogP contribution in [0, 0.1) is 41.4 Å². The molecule has 9 rings (SSSR count). The molecular weight excluding hydrogens is 728 g/mol. The summed E-state index contributed by atoms with van der Waals surface area (Å²) in [6, 6.07) is 0. The SMILES string of the molecule is C[C@@H]1CC[C@H]2C(CN(CC=O)CCCCO[C@@]3(C(F)(F)F)O[C@@H]4O[C@]5(C)CCC6[C@H](C)CC[C@@H]([C@H]3C)[C@]64OO5)=C(C(F)(F)F)O[C@@H]3O[C@]4(C)CCC1[C@]32O4. The number of carbonyl (C=O) groups excluding carboxylic acids is 1. The summed E-state index contributed by atoms with van der Waals surface area (Å²) in [5, 5.41) is 0. The monoisotopic (exact) mass is 781 g/mol. The van der Waals surface area contributed by atoms with E-state index in [4.69, 9.17) is 38.2 Å². The van der Waals surface area contributed by atoms with Crippen LogP contribution in [0.5, 0.6) is 0 Å². The fourth-order valence-corrected chi connectivity index (χ4v) is 11.9. The van der Waals surface area contributed by atoms with E-state index >= 15 is 13.2 Å². The van der Waals surface area contributed by atoms with Crippen LogP contribution in [0.2, 0.25) is 0 Å². The lowest BCUT2D eigenvalue weighted by atomic mass is 9.57. The van der Waals surface area contributed by atoms with E-state index in [1.54, 1.807) is 18.7 Å². The number of rotatable bonds is 10. The van der Waals surface area contributed by atoms with Crippen LogP contribution in [-0.4, -0.2) is 90.9 Å². The molecule has 9 aliphatic rings. The molecule has 2 aliphatic carbocycles. The maximum Gasteiger partial charge on any atom is 0.449 e. The lowest BCUT2D eigenvalue weighted by Crippen LogP contribution is -2.76. The molecule has 14 atom stereocenters. The number of unbranched alkanes of at least 4 members (excludes halogenated alkanes) is 1. The van der Waals surface area contributed by atoms with Crippen LogP contribution in [0.1, 0.15) is 98.8 Å². The molecule has 8 fully saturated rings. The van der Waals surface area contributed by atoms with Crippen molar-refractivity contribution in [3.8, 4) is 0 Å². The molecule has 10 nitrogen and oxygen atoms in total. The number of allylic oxidation sites excluding steroid dienone is 1. The number of alkyl halides is 6. The average molecular weight is 782 g/mol. The minimum atomic E-state index is -4.93. The predicted octanol–water partition coefficient (Wildman–Crippen LogP) is 7.56. The second-order valence-electron chi connectivity index (χ2n) is 17.7. The molecule has 0 aromatic rings. The molecule has 0 N–H and O–H groups in total. The van der Waals surface area contributed by atoms with Gasteiger partial charge in [0.15, 0.2) is 17.7 Å². The summed E-state index contributed by atoms with van der Waals surface area (Å²) in [6.45, 7) is 8.41. The zero-order valence-electron chi connectivity index (χ0n) is 31.6. The van der Waals surface area contributed by atoms with Crippen molar-refractivity contribution in [2.75, 3.05) is 26.2 Å². The van der Waals surface area contributed by atoms with Gasteiger partial charge in [-0.25, -0.2) is 9.78 Å². The number of fused-ring (bicyclic) bond motifs is 3. The Morgan fingerprint density at radius 2 is 1.46 bits per heavy atom. The second kappa shape index (κ2) is 13.3. The Labute approximate surface area is 311 Å². The first-order valence-corrected chi connectivity index (χ1v) is 19.8. The van der Waals surface area contributed by atoms with Gasteiger partial charge in [0, 0.05) is 37.1 Å². The van der Waals surface area contributed by atoms with Crippen molar-refractivity contribution < 1.29 is 69.3 Å². The minimum absolute atomic E-state index is 0.0237. The molecular formula is C38H53F6NO9. The van der Waals surface area contributed by atoms with Crippen LogP contribution in [0.25, 0.3) is 0 Å². The molecule has 16 heteroatoms. The lowest BCUT2D eigenvalue weighted by molar-refractivity contribution is -0.598. The normalized spacial score (nSPS) is 48.3. The summed E-state index contributed by atoms with van der Waals surface area (Å²) in [5.41, 5.74) is -2.27. The molecule has 306 valence electrons. The van der Waals surface area contributed by atoms with Crippen molar-refractivity contribution in [1.29, 1.82) is 0 Å². The van der Waals surface area contributed by atoms with Gasteiger partial charge < -0.3 is 33.2 Å². The maximum atomic E-state index is 15.3. The standard InChI is InChI=1S/C38H53F6NO9/c1-21-9-11-28-24(29(37(39,40)41)48-30-34(28)25(21)12-14-32(4,49-30)52-34)20-45(17-18-46)16-6-7-19-47-36(38(42,43)44)23(3)27-10-8-22(2)26-13-15-33(5)50-31(51-36)35(26,27)54-53-33/h18,21-23,25-28,30-31H,6-17,19-20H2,1-5H3/t21-,22-,23-,25?,26?,27+,28+,30-,31+,32+,33+,34-,35-,36-/m1/s1. The summed E-state index contributed by atoms with van der Waals surface area (Å²) in [6.07, 6.45) is -6.66. The zero-order chi connectivity index (χ0) is 38.7. The molecule has 0 aromatic heterocycles. The van der Waals surface area contributed by atoms with Crippen LogP contribution in [0.15, 0.2) is 11.3 Å². The van der Waals surface area contributed by atoms with Gasteiger partial charge in [-0.3, -0.25) is 4.90 Å². The number of halogens is 6. The van der Waals surface area contributed by atoms with Gasteiger partial charge in [-0.1, -0.05) is 20.8 Å². The zero-order valence-corrected chi connectivity index (χ0v) is 31.6. The molecule has 54 heavy (non-hydrogen) atoms. The third-order valence-electron chi connectivity index (χ3n) is 14.5. The van der Waals surface area contributed by atoms with E-state index in [9.17, 15) is 18.0 Å². The maximum absolute atomic E-state index is 15.3. The first-order chi connectivity index (χ1) is 25.3. The summed E-state index contributed by atoms with van der Waals surface area (Å²) in [4.78, 5) is 25.2. The number of aldehydes is 1. The van der Waals surface area contributed by atoms with Gasteiger partial charge in [0.2, 0.25) is 17.8 Å². The third-order valence-corrected chi connectivity index (χ3v) is 14.5. The predicted molar refractivity (Wildman–Crippen MR) is 175 cm³/mol. The van der Waals surface area contributed by atoms with Crippen molar-refractivity contribution >= 4 is 6.29 Å². The van der Waals surface area contributed by atoms with Crippen molar-refractivity contribution in [1.82, 2.24) is 4.90 Å². The molecule has 0 radical (unpaired) electrons. The number of carbonyl (C=O) groups is 1. The topological polar surface area (TPSA) is 94.2 Å². The van der Waals surface area contributed by atoms with E-state index in [2.05, 4.69) is 13.8 Å². The molecule has 2 spiro atoms. The number of hydrogen-bond donors (Lipinski definition) is 0. The lowest BCUT2D eigenvalue weighted by Gasteiger charge is -2.62. The fraction of sp³-hybridized carbons (Fsp3) is 0.921. The number of nitrogens with zero attached hydrogens (tertiary/aromatic N) is 1. The second-order valence-corrected chi connectivity index (χ2v) is 17.7. The Hall–Kier alpha value is -1.53. The number of ether oxygens (including phenoxy) is 6. The molecule has 4 bridgehead atoms. The Morgan fingerprint density at radius 1 is 0.796 bits per heavy atom. The fourth-order valence-electron chi connectivity index (χ4n) is 11.9. The Bertz CT molecular complexity index is 1500. The van der Waals surface area contributed by atoms with Crippen molar-refractivity contribution in [3.05, 3.63) is 11.3 Å². The first kappa shape index (κ1) is 39.3. The highest BCUT2D eigenvalue weighted by Gasteiger charge is 2.77. The molecule has 0 aromatic carbocycles. The summed E-state index contributed by atoms with van der Waals surface area (Å²) in [7, 11) is 0. The summed E-state index contributed by atoms with van der Waals surface area (Å²) < 4.78 is 126. The van der Waals surface area contributed by atoms with Gasteiger partial charge in [0.1, 0.15) is 11.9 Å². The van der Waals surface area contributed by atoms with E-state index in [0.717, 1.165) is 6.42 Å². The molecule has 0 amide bonds. The molecule has 7 aliphatic heterocycles. The highest BCUT2D eigenvalue weighted by Crippen LogP contribution is 2.66. The smallest absolute Gasteiger partial charge is 0.449 e. The molecule has 6 saturated heterocycles. The van der Waals surface area contributed by atoms with Gasteiger partial charge in [-0.15, -0.1) is 0 Å². The van der Waals surface area contributed by atoms with Crippen LogP contribution < -0.4 is 0 Å². The van der Waals surface area contributed by atoms with Gasteiger partial charge in [0.25, 0.3) is 5.79 Å². The van der Waals surface area contributed by atoms with Crippen LogP contribution in [0.3, 0.4) is 0 Å². The van der Waals surface area contributed by atoms with Gasteiger partial charge in [-0.2, -0.15) is 26.3 Å². The quantitative estimate of drug-likeness (QED) is 0.0958. The Kier molecular flexibility index (Phi) is 9.64. The van der Waals surface area contributed by atoms with Gasteiger partial charge in [0.05, 0.1) is 13.2 Å². The van der Waals surface area contributed by atoms with E-state index in [1.165, 1.54) is 6.92 Å². The van der Waals surface area contributed by atoms with Crippen LogP contribution in [-0.2, 0) is 43.0 Å². The highest BCUT2D eigenvalue weighted by atomic mass is 19.4. The number of hydrogen-bond acceptors (Lipinski definition) is 10. The third kappa shape index (κ3) is 5.84. The van der Waals surface area contributed by atoms with Gasteiger partial charge >= 0.3 is 12.4 Å². The van der Waals surface area contributed by atoms with Crippen molar-refractivity contribution in [2.24, 2.45) is 41.4 Å². The Morgan fingerprint density at radius 3 is 2.15 bits per heavy atom. The van der Waals surface area contributed by atoms with Crippen molar-refractivity contribution in [3.63, 3.8) is 0 Å². The molecule has 2 unspecified atom stereocenters. The largest absolute Gasteiger partial charge is 0.456 e. The van der Waals surface area contributed by atoms with Crippen LogP contribution >= 0.6 is 0 Å². The van der Waals surface area contributed by atoms with Gasteiger partial charge in [-0.05, 0) is 101 Å². The van der Waals surface area contributed by atoms with E-state index in [-0.39, 0.29) is 68.3 Å². The summed E-state index contributed by atoms with van der Waals surface area (Å²) >= 11 is 0. The summed E-state index contributed by atoms with van der Waals surface area (Å²) in [5.74, 6) is -8.71. The van der Waals surface area contributed by atoms with Crippen molar-refractivity contribution in [2.45, 2.75) is 152 Å². The minimum Gasteiger partial charge on any atom is -0.456 e. The highest BCUT2D eigenvalue weighted by molar-refractivity contribution is 5.52. The van der Waals surface area contributed by atoms with Crippen LogP contribution in [0.4, 0.5) is 26.3 Å². The van der Waals surface area contributed by atoms with E-state index in [1.807, 2.05) is 0 Å². The van der Waals surface area contributed by atoms with E-state index in [0.29, 0.717) is 51.2 Å². The Balaban J connectivity index is 0.983. The first-order valence-electron chi connectivity index (χ1n) is 19.8. The average Bonchev–Trinajstić information content (AvgIpc) is 3.15. The van der Waals surface area contributed by atoms with E-state index < -0.39 is 77.0 Å². The molecule has 7 heterocycles.